The van der Waals surface area contributed by atoms with Crippen LogP contribution < -0.4 is 0 Å². The van der Waals surface area contributed by atoms with Gasteiger partial charge in [0.15, 0.2) is 0 Å². The minimum atomic E-state index is -0.951. The van der Waals surface area contributed by atoms with E-state index in [0.29, 0.717) is 12.8 Å². The Hall–Kier alpha value is -1.32. The van der Waals surface area contributed by atoms with Crippen molar-refractivity contribution in [3.8, 4) is 0 Å². The van der Waals surface area contributed by atoms with E-state index in [1.54, 1.807) is 13.8 Å². The molecule has 0 heterocycles. The van der Waals surface area contributed by atoms with Gasteiger partial charge in [0, 0.05) is 0 Å². The molecule has 0 unspecified atom stereocenters. The molecule has 0 aromatic rings. The molecular weight excluding hydrogens is 184 g/mol. The van der Waals surface area contributed by atoms with Crippen LogP contribution in [0.2, 0.25) is 0 Å². The van der Waals surface area contributed by atoms with Gasteiger partial charge in [0.05, 0.1) is 11.8 Å². The number of carboxylic acids is 2. The van der Waals surface area contributed by atoms with Crippen LogP contribution in [0.25, 0.3) is 0 Å². The Morgan fingerprint density at radius 3 is 2.00 bits per heavy atom. The van der Waals surface area contributed by atoms with Gasteiger partial charge in [-0.2, -0.15) is 0 Å². The molecule has 0 rings (SSSR count). The smallest absolute Gasteiger partial charge is 0.313 e. The molecule has 0 aliphatic carbocycles. The summed E-state index contributed by atoms with van der Waals surface area (Å²) in [7, 11) is 0. The molecule has 0 aromatic heterocycles. The minimum absolute atomic E-state index is 0.130. The molecule has 2 N–H and O–H groups in total. The van der Waals surface area contributed by atoms with Gasteiger partial charge >= 0.3 is 11.9 Å². The van der Waals surface area contributed by atoms with Crippen LogP contribution in [0.4, 0.5) is 0 Å². The average molecular weight is 200 g/mol. The molecule has 0 aliphatic rings. The van der Waals surface area contributed by atoms with Crippen LogP contribution in [0.5, 0.6) is 0 Å². The third-order valence-corrected chi connectivity index (χ3v) is 2.42. The molecule has 0 atom stereocenters. The number of rotatable bonds is 6. The van der Waals surface area contributed by atoms with E-state index in [4.69, 9.17) is 10.2 Å². The largest absolute Gasteiger partial charge is 0.481 e. The standard InChI is InChI=1S/C10H16O4/c1-3-10(4-2,9(13)14)7-5-6-8(11)12/h5,7H,3-4,6H2,1-2H3,(H,11,12)(H,13,14)/b7-5+. The molecule has 0 saturated carbocycles. The lowest BCUT2D eigenvalue weighted by Gasteiger charge is -2.22. The van der Waals surface area contributed by atoms with Crippen LogP contribution in [0.3, 0.4) is 0 Å². The molecule has 0 aliphatic heterocycles. The summed E-state index contributed by atoms with van der Waals surface area (Å²) in [4.78, 5) is 21.2. The molecule has 0 saturated heterocycles. The Labute approximate surface area is 83.2 Å². The van der Waals surface area contributed by atoms with Crippen LogP contribution in [-0.4, -0.2) is 22.2 Å². The predicted molar refractivity (Wildman–Crippen MR) is 52.0 cm³/mol. The molecular formula is C10H16O4. The first-order valence-corrected chi connectivity index (χ1v) is 4.61. The molecule has 0 bridgehead atoms. The Morgan fingerprint density at radius 2 is 1.71 bits per heavy atom. The van der Waals surface area contributed by atoms with Crippen molar-refractivity contribution < 1.29 is 19.8 Å². The van der Waals surface area contributed by atoms with Gasteiger partial charge in [-0.1, -0.05) is 26.0 Å². The molecule has 80 valence electrons. The van der Waals surface area contributed by atoms with E-state index in [2.05, 4.69) is 0 Å². The minimum Gasteiger partial charge on any atom is -0.481 e. The van der Waals surface area contributed by atoms with Crippen molar-refractivity contribution in [1.29, 1.82) is 0 Å². The van der Waals surface area contributed by atoms with Gasteiger partial charge in [0.25, 0.3) is 0 Å². The zero-order valence-electron chi connectivity index (χ0n) is 8.49. The van der Waals surface area contributed by atoms with Crippen molar-refractivity contribution in [3.05, 3.63) is 12.2 Å². The number of carboxylic acid groups (broad SMARTS) is 2. The van der Waals surface area contributed by atoms with E-state index >= 15 is 0 Å². The van der Waals surface area contributed by atoms with Crippen LogP contribution >= 0.6 is 0 Å². The second-order valence-corrected chi connectivity index (χ2v) is 3.17. The topological polar surface area (TPSA) is 74.6 Å². The highest BCUT2D eigenvalue weighted by Gasteiger charge is 2.31. The highest BCUT2D eigenvalue weighted by molar-refractivity contribution is 5.77. The van der Waals surface area contributed by atoms with Crippen LogP contribution in [0.1, 0.15) is 33.1 Å². The summed E-state index contributed by atoms with van der Waals surface area (Å²) >= 11 is 0. The number of carbonyl (C=O) groups is 2. The summed E-state index contributed by atoms with van der Waals surface area (Å²) < 4.78 is 0. The SMILES string of the molecule is CCC(/C=C/CC(=O)O)(CC)C(=O)O. The summed E-state index contributed by atoms with van der Waals surface area (Å²) in [5.74, 6) is -1.85. The van der Waals surface area contributed by atoms with Gasteiger partial charge in [-0.25, -0.2) is 0 Å². The van der Waals surface area contributed by atoms with Gasteiger partial charge in [0.2, 0.25) is 0 Å². The number of hydrogen-bond acceptors (Lipinski definition) is 2. The Balaban J connectivity index is 4.58. The normalized spacial score (nSPS) is 11.9. The maximum absolute atomic E-state index is 11.0. The van der Waals surface area contributed by atoms with Crippen molar-refractivity contribution >= 4 is 11.9 Å². The van der Waals surface area contributed by atoms with E-state index in [1.165, 1.54) is 12.2 Å². The third kappa shape index (κ3) is 3.20. The van der Waals surface area contributed by atoms with E-state index in [9.17, 15) is 9.59 Å². The summed E-state index contributed by atoms with van der Waals surface area (Å²) in [6.07, 6.45) is 3.70. The molecule has 0 spiro atoms. The maximum atomic E-state index is 11.0. The fourth-order valence-corrected chi connectivity index (χ4v) is 1.24. The lowest BCUT2D eigenvalue weighted by atomic mass is 9.82. The van der Waals surface area contributed by atoms with Crippen molar-refractivity contribution in [1.82, 2.24) is 0 Å². The van der Waals surface area contributed by atoms with E-state index < -0.39 is 17.4 Å². The molecule has 0 fully saturated rings. The predicted octanol–water partition coefficient (Wildman–Crippen LogP) is 1.91. The Morgan fingerprint density at radius 1 is 1.21 bits per heavy atom. The zero-order chi connectivity index (χ0) is 11.2. The third-order valence-electron chi connectivity index (χ3n) is 2.42. The first-order chi connectivity index (χ1) is 6.48. The van der Waals surface area contributed by atoms with Crippen molar-refractivity contribution in [3.63, 3.8) is 0 Å². The highest BCUT2D eigenvalue weighted by atomic mass is 16.4. The van der Waals surface area contributed by atoms with Gasteiger partial charge in [-0.3, -0.25) is 9.59 Å². The fraction of sp³-hybridized carbons (Fsp3) is 0.600. The van der Waals surface area contributed by atoms with E-state index in [1.807, 2.05) is 0 Å². The molecule has 0 aromatic carbocycles. The number of hydrogen-bond donors (Lipinski definition) is 2. The summed E-state index contributed by atoms with van der Waals surface area (Å²) in [6.45, 7) is 3.56. The highest BCUT2D eigenvalue weighted by Crippen LogP contribution is 2.28. The van der Waals surface area contributed by atoms with E-state index in [-0.39, 0.29) is 6.42 Å². The van der Waals surface area contributed by atoms with E-state index in [0.717, 1.165) is 0 Å². The molecule has 0 radical (unpaired) electrons. The first kappa shape index (κ1) is 12.7. The quantitative estimate of drug-likeness (QED) is 0.642. The summed E-state index contributed by atoms with van der Waals surface area (Å²) in [5.41, 5.74) is -0.907. The van der Waals surface area contributed by atoms with Crippen LogP contribution in [-0.2, 0) is 9.59 Å². The number of aliphatic carboxylic acids is 2. The van der Waals surface area contributed by atoms with Gasteiger partial charge < -0.3 is 10.2 Å². The van der Waals surface area contributed by atoms with Gasteiger partial charge in [-0.15, -0.1) is 0 Å². The zero-order valence-corrected chi connectivity index (χ0v) is 8.49. The maximum Gasteiger partial charge on any atom is 0.313 e. The molecule has 14 heavy (non-hydrogen) atoms. The second-order valence-electron chi connectivity index (χ2n) is 3.17. The average Bonchev–Trinajstić information content (AvgIpc) is 2.12. The fourth-order valence-electron chi connectivity index (χ4n) is 1.24. The van der Waals surface area contributed by atoms with Crippen LogP contribution in [0.15, 0.2) is 12.2 Å². The second kappa shape index (κ2) is 5.42. The molecule has 0 amide bonds. The Kier molecular flexibility index (Phi) is 4.91. The summed E-state index contributed by atoms with van der Waals surface area (Å²) in [6, 6.07) is 0. The lowest BCUT2D eigenvalue weighted by Crippen LogP contribution is -2.27. The van der Waals surface area contributed by atoms with Gasteiger partial charge in [-0.05, 0) is 12.8 Å². The Bertz CT molecular complexity index is 239. The van der Waals surface area contributed by atoms with Crippen molar-refractivity contribution in [2.24, 2.45) is 5.41 Å². The van der Waals surface area contributed by atoms with Crippen molar-refractivity contribution in [2.75, 3.05) is 0 Å². The first-order valence-electron chi connectivity index (χ1n) is 4.61. The lowest BCUT2D eigenvalue weighted by molar-refractivity contribution is -0.146. The van der Waals surface area contributed by atoms with Gasteiger partial charge in [0.1, 0.15) is 0 Å². The van der Waals surface area contributed by atoms with Crippen LogP contribution in [0, 0.1) is 5.41 Å². The summed E-state index contributed by atoms with van der Waals surface area (Å²) in [5, 5.41) is 17.4. The molecule has 4 nitrogen and oxygen atoms in total. The monoisotopic (exact) mass is 200 g/mol. The van der Waals surface area contributed by atoms with Crippen molar-refractivity contribution in [2.45, 2.75) is 33.1 Å². The molecule has 4 heteroatoms.